The summed E-state index contributed by atoms with van der Waals surface area (Å²) in [6.45, 7) is 15.4. The predicted molar refractivity (Wildman–Crippen MR) is 157 cm³/mol. The van der Waals surface area contributed by atoms with Gasteiger partial charge in [0.15, 0.2) is 5.82 Å². The summed E-state index contributed by atoms with van der Waals surface area (Å²) < 4.78 is 31.7. The molecule has 0 unspecified atom stereocenters. The van der Waals surface area contributed by atoms with E-state index in [2.05, 4.69) is 68.8 Å². The fourth-order valence-corrected chi connectivity index (χ4v) is 7.51. The van der Waals surface area contributed by atoms with Crippen molar-refractivity contribution in [2.75, 3.05) is 24.0 Å². The first-order chi connectivity index (χ1) is 17.8. The predicted octanol–water partition coefficient (Wildman–Crippen LogP) is 4.27. The van der Waals surface area contributed by atoms with Gasteiger partial charge in [0, 0.05) is 31.5 Å². The first-order valence-electron chi connectivity index (χ1n) is 13.0. The largest absolute Gasteiger partial charge is 0.350 e. The molecule has 1 N–H and O–H groups in total. The molecule has 0 radical (unpaired) electrons. The number of aryl methyl sites for hydroxylation is 2. The number of carbonyl (C=O) groups is 1. The van der Waals surface area contributed by atoms with Gasteiger partial charge in [-0.1, -0.05) is 27.7 Å². The number of nitrogens with zero attached hydrogens (tertiary/aromatic N) is 6. The molecular weight excluding hydrogens is 534 g/mol. The zero-order chi connectivity index (χ0) is 29.1. The van der Waals surface area contributed by atoms with Crippen LogP contribution in [0, 0.1) is 12.8 Å². The molecule has 12 heteroatoms. The lowest BCUT2D eigenvalue weighted by atomic mass is 9.97. The maximum absolute atomic E-state index is 13.5. The van der Waals surface area contributed by atoms with Gasteiger partial charge in [0.05, 0.1) is 11.3 Å². The fourth-order valence-electron chi connectivity index (χ4n) is 5.00. The molecule has 10 nitrogen and oxygen atoms in total. The van der Waals surface area contributed by atoms with Crippen LogP contribution in [0.4, 0.5) is 5.82 Å². The van der Waals surface area contributed by atoms with Gasteiger partial charge in [0.25, 0.3) is 15.9 Å². The molecule has 214 valence electrons. The van der Waals surface area contributed by atoms with Crippen molar-refractivity contribution in [2.24, 2.45) is 13.0 Å². The highest BCUT2D eigenvalue weighted by Crippen LogP contribution is 2.58. The lowest BCUT2D eigenvalue weighted by Crippen LogP contribution is -2.41. The Kier molecular flexibility index (Phi) is 7.21. The highest BCUT2D eigenvalue weighted by Gasteiger charge is 2.39. The zero-order valence-electron chi connectivity index (χ0n) is 24.6. The van der Waals surface area contributed by atoms with Crippen LogP contribution in [-0.4, -0.2) is 68.2 Å². The average Bonchev–Trinajstić information content (AvgIpc) is 3.49. The van der Waals surface area contributed by atoms with E-state index in [1.54, 1.807) is 30.8 Å². The number of anilines is 1. The minimum Gasteiger partial charge on any atom is -0.350 e. The van der Waals surface area contributed by atoms with Crippen LogP contribution in [0.15, 0.2) is 40.5 Å². The molecule has 0 saturated carbocycles. The van der Waals surface area contributed by atoms with Gasteiger partial charge in [0.2, 0.25) is 0 Å². The van der Waals surface area contributed by atoms with E-state index in [1.807, 2.05) is 12.3 Å². The summed E-state index contributed by atoms with van der Waals surface area (Å²) in [5.74, 6) is 0.660. The third-order valence-electron chi connectivity index (χ3n) is 7.77. The Morgan fingerprint density at radius 1 is 1.13 bits per heavy atom. The van der Waals surface area contributed by atoms with Gasteiger partial charge in [-0.05, 0) is 68.6 Å². The highest BCUT2D eigenvalue weighted by atomic mass is 32.3. The van der Waals surface area contributed by atoms with Gasteiger partial charge in [-0.2, -0.15) is 20.2 Å². The summed E-state index contributed by atoms with van der Waals surface area (Å²) in [5.41, 5.74) is 0.238. The Hall–Kier alpha value is -2.86. The topological polar surface area (TPSA) is 115 Å². The average molecular weight is 576 g/mol. The number of hydrogen-bond donors (Lipinski definition) is 1. The van der Waals surface area contributed by atoms with E-state index in [4.69, 9.17) is 10.1 Å². The van der Waals surface area contributed by atoms with Crippen molar-refractivity contribution in [3.63, 3.8) is 0 Å². The number of rotatable bonds is 6. The number of pyridine rings is 1. The Balaban J connectivity index is 1.77. The molecule has 4 heterocycles. The quantitative estimate of drug-likeness (QED) is 0.467. The molecule has 3 aromatic rings. The summed E-state index contributed by atoms with van der Waals surface area (Å²) in [5, 5.41) is 10.0. The monoisotopic (exact) mass is 575 g/mol. The number of aromatic nitrogens is 5. The van der Waals surface area contributed by atoms with E-state index >= 15 is 0 Å². The Morgan fingerprint density at radius 3 is 2.33 bits per heavy atom. The van der Waals surface area contributed by atoms with Crippen molar-refractivity contribution >= 4 is 31.8 Å². The maximum Gasteiger partial charge on any atom is 0.268 e. The fraction of sp³-hybridized carbons (Fsp3) is 0.556. The summed E-state index contributed by atoms with van der Waals surface area (Å²) in [4.78, 5) is 20.5. The van der Waals surface area contributed by atoms with E-state index in [1.165, 1.54) is 10.9 Å². The molecule has 1 saturated heterocycles. The van der Waals surface area contributed by atoms with E-state index < -0.39 is 26.0 Å². The molecule has 0 spiro atoms. The molecule has 0 aromatic carbocycles. The molecule has 39 heavy (non-hydrogen) atoms. The van der Waals surface area contributed by atoms with Gasteiger partial charge in [-0.15, -0.1) is 0 Å². The summed E-state index contributed by atoms with van der Waals surface area (Å²) in [7, 11) is -3.69. The zero-order valence-corrected chi connectivity index (χ0v) is 26.2. The molecule has 1 aliphatic rings. The smallest absolute Gasteiger partial charge is 0.268 e. The van der Waals surface area contributed by atoms with E-state index in [0.717, 1.165) is 11.4 Å². The van der Waals surface area contributed by atoms with E-state index in [9.17, 15) is 13.2 Å². The lowest BCUT2D eigenvalue weighted by molar-refractivity contribution is 0.0981. The van der Waals surface area contributed by atoms with Gasteiger partial charge < -0.3 is 4.90 Å². The molecule has 1 amide bonds. The second-order valence-corrected chi connectivity index (χ2v) is 18.4. The van der Waals surface area contributed by atoms with Crippen LogP contribution in [0.1, 0.15) is 64.0 Å². The second-order valence-electron chi connectivity index (χ2n) is 12.5. The Labute approximate surface area is 233 Å². The molecule has 1 atom stereocenters. The van der Waals surface area contributed by atoms with E-state index in [-0.39, 0.29) is 20.7 Å². The van der Waals surface area contributed by atoms with Crippen LogP contribution < -0.4 is 9.62 Å². The molecule has 1 aliphatic heterocycles. The Morgan fingerprint density at radius 2 is 1.79 bits per heavy atom. The summed E-state index contributed by atoms with van der Waals surface area (Å²) in [6, 6.07) is 5.39. The summed E-state index contributed by atoms with van der Waals surface area (Å²) in [6.07, 6.45) is 8.71. The van der Waals surface area contributed by atoms with Crippen LogP contribution in [0.3, 0.4) is 0 Å². The first-order valence-corrected chi connectivity index (χ1v) is 16.9. The molecule has 4 rings (SSSR count). The van der Waals surface area contributed by atoms with Crippen molar-refractivity contribution in [1.82, 2.24) is 29.3 Å². The van der Waals surface area contributed by atoms with Crippen LogP contribution >= 0.6 is 10.0 Å². The maximum atomic E-state index is 13.5. The minimum atomic E-state index is -4.13. The SMILES string of the molecule is Cc1nn(C)cc1S(=O)(=O)NC(=O)c1ccc(-n2ccc(S(C)(C)C(C)(C)C)n2)nc1N1C[C@@H](C)CC1(C)C. The van der Waals surface area contributed by atoms with Crippen molar-refractivity contribution in [3.8, 4) is 5.82 Å². The number of amides is 1. The lowest BCUT2D eigenvalue weighted by Gasteiger charge is -2.42. The van der Waals surface area contributed by atoms with Crippen LogP contribution in [0.5, 0.6) is 0 Å². The summed E-state index contributed by atoms with van der Waals surface area (Å²) >= 11 is 0. The van der Waals surface area contributed by atoms with Crippen molar-refractivity contribution < 1.29 is 13.2 Å². The van der Waals surface area contributed by atoms with Crippen LogP contribution in [0.2, 0.25) is 0 Å². The van der Waals surface area contributed by atoms with Gasteiger partial charge >= 0.3 is 0 Å². The second kappa shape index (κ2) is 9.65. The van der Waals surface area contributed by atoms with Crippen LogP contribution in [-0.2, 0) is 17.1 Å². The number of carbonyl (C=O) groups excluding carboxylic acids is 1. The number of sulfonamides is 1. The molecule has 3 aromatic heterocycles. The first kappa shape index (κ1) is 29.1. The molecular formula is C27H41N7O3S2. The Bertz CT molecular complexity index is 1510. The third-order valence-corrected chi connectivity index (χ3v) is 13.5. The van der Waals surface area contributed by atoms with E-state index in [0.29, 0.717) is 29.8 Å². The molecule has 0 aliphatic carbocycles. The van der Waals surface area contributed by atoms with Crippen molar-refractivity contribution in [2.45, 2.75) is 75.1 Å². The number of nitrogens with one attached hydrogen (secondary N) is 1. The number of hydrogen-bond acceptors (Lipinski definition) is 7. The van der Waals surface area contributed by atoms with Crippen molar-refractivity contribution in [3.05, 3.63) is 41.9 Å². The standard InChI is InChI=1S/C27H41N7O3S2/c1-18-15-27(6,7)33(16-18)24-20(25(35)31-39(36,37)21-17-32(8)29-19(21)2)11-12-22(28-24)34-14-13-23(30-34)38(9,10)26(3,4)5/h11-14,17-18H,15-16H2,1-10H3,(H,31,35)/t18-/m0/s1. The van der Waals surface area contributed by atoms with Crippen molar-refractivity contribution in [1.29, 1.82) is 0 Å². The molecule has 1 fully saturated rings. The van der Waals surface area contributed by atoms with Gasteiger partial charge in [0.1, 0.15) is 15.7 Å². The van der Waals surface area contributed by atoms with Gasteiger partial charge in [-0.25, -0.2) is 22.8 Å². The van der Waals surface area contributed by atoms with Gasteiger partial charge in [-0.3, -0.25) is 9.48 Å². The molecule has 0 bridgehead atoms. The minimum absolute atomic E-state index is 0.0346. The third kappa shape index (κ3) is 5.45. The normalized spacial score (nSPS) is 18.4. The highest BCUT2D eigenvalue weighted by molar-refractivity contribution is 8.33. The van der Waals surface area contributed by atoms with Crippen LogP contribution in [0.25, 0.3) is 5.82 Å².